The van der Waals surface area contributed by atoms with Crippen molar-refractivity contribution in [2.45, 2.75) is 50.6 Å². The number of halogens is 1. The molecule has 1 aliphatic heterocycles. The second-order valence-corrected chi connectivity index (χ2v) is 9.65. The van der Waals surface area contributed by atoms with Gasteiger partial charge in [0.1, 0.15) is 5.82 Å². The van der Waals surface area contributed by atoms with Gasteiger partial charge in [-0.15, -0.1) is 0 Å². The first-order valence-electron chi connectivity index (χ1n) is 12.2. The third kappa shape index (κ3) is 4.89. The van der Waals surface area contributed by atoms with Crippen LogP contribution in [-0.4, -0.2) is 45.2 Å². The molecular weight excluding hydrogens is 461 g/mol. The number of nitrogens with one attached hydrogen (secondary N) is 2. The van der Waals surface area contributed by atoms with E-state index in [1.54, 1.807) is 36.4 Å². The number of rotatable bonds is 7. The van der Waals surface area contributed by atoms with Gasteiger partial charge in [0.25, 0.3) is 11.8 Å². The SMILES string of the molecule is C[C@@H]1[C@H](NC(=O)c2ccc(C3CC3)cc2F)CCCN1c1cnc(C(N)=O)c(Nc2cnn(C)c2)c1. The maximum atomic E-state index is 14.7. The van der Waals surface area contributed by atoms with E-state index >= 15 is 0 Å². The highest BCUT2D eigenvalue weighted by molar-refractivity contribution is 5.98. The number of hydrogen-bond acceptors (Lipinski definition) is 6. The Morgan fingerprint density at radius 3 is 2.64 bits per heavy atom. The summed E-state index contributed by atoms with van der Waals surface area (Å²) in [7, 11) is 1.80. The first-order valence-corrected chi connectivity index (χ1v) is 12.2. The van der Waals surface area contributed by atoms with Crippen molar-refractivity contribution >= 4 is 28.9 Å². The van der Waals surface area contributed by atoms with E-state index in [1.807, 2.05) is 19.1 Å². The number of piperidine rings is 1. The Morgan fingerprint density at radius 1 is 1.17 bits per heavy atom. The molecule has 2 fully saturated rings. The minimum atomic E-state index is -0.639. The summed E-state index contributed by atoms with van der Waals surface area (Å²) in [4.78, 5) is 31.4. The van der Waals surface area contributed by atoms with Crippen LogP contribution in [0.4, 0.5) is 21.5 Å². The van der Waals surface area contributed by atoms with Crippen LogP contribution in [0, 0.1) is 5.82 Å². The number of amides is 2. The highest BCUT2D eigenvalue weighted by atomic mass is 19.1. The van der Waals surface area contributed by atoms with Crippen LogP contribution in [0.2, 0.25) is 0 Å². The molecule has 2 amide bonds. The summed E-state index contributed by atoms with van der Waals surface area (Å²) in [6.45, 7) is 2.77. The highest BCUT2D eigenvalue weighted by Crippen LogP contribution is 2.40. The number of aromatic nitrogens is 3. The lowest BCUT2D eigenvalue weighted by Crippen LogP contribution is -2.54. The van der Waals surface area contributed by atoms with E-state index in [-0.39, 0.29) is 23.3 Å². The second-order valence-electron chi connectivity index (χ2n) is 9.65. The average Bonchev–Trinajstić information content (AvgIpc) is 3.62. The molecule has 2 aliphatic rings. The molecule has 5 rings (SSSR count). The molecule has 188 valence electrons. The molecule has 0 bridgehead atoms. The van der Waals surface area contributed by atoms with E-state index < -0.39 is 17.6 Å². The molecule has 1 saturated heterocycles. The number of hydrogen-bond donors (Lipinski definition) is 3. The summed E-state index contributed by atoms with van der Waals surface area (Å²) in [6, 6.07) is 6.51. The maximum absolute atomic E-state index is 14.7. The Balaban J connectivity index is 1.34. The van der Waals surface area contributed by atoms with Gasteiger partial charge in [0, 0.05) is 31.9 Å². The number of anilines is 3. The number of pyridine rings is 1. The van der Waals surface area contributed by atoms with Crippen molar-refractivity contribution < 1.29 is 14.0 Å². The lowest BCUT2D eigenvalue weighted by Gasteiger charge is -2.41. The molecule has 3 heterocycles. The Morgan fingerprint density at radius 2 is 1.97 bits per heavy atom. The fourth-order valence-electron chi connectivity index (χ4n) is 4.88. The van der Waals surface area contributed by atoms with E-state index in [2.05, 4.69) is 25.6 Å². The van der Waals surface area contributed by atoms with Crippen LogP contribution < -0.4 is 21.3 Å². The van der Waals surface area contributed by atoms with E-state index in [9.17, 15) is 14.0 Å². The molecule has 2 atom stereocenters. The first-order chi connectivity index (χ1) is 17.3. The second kappa shape index (κ2) is 9.60. The van der Waals surface area contributed by atoms with Gasteiger partial charge in [-0.2, -0.15) is 5.10 Å². The monoisotopic (exact) mass is 491 g/mol. The molecule has 1 aromatic carbocycles. The summed E-state index contributed by atoms with van der Waals surface area (Å²) in [5, 5.41) is 10.3. The van der Waals surface area contributed by atoms with Crippen molar-refractivity contribution in [1.82, 2.24) is 20.1 Å². The van der Waals surface area contributed by atoms with Crippen molar-refractivity contribution in [3.63, 3.8) is 0 Å². The van der Waals surface area contributed by atoms with E-state index in [0.717, 1.165) is 43.5 Å². The summed E-state index contributed by atoms with van der Waals surface area (Å²) in [6.07, 6.45) is 8.81. The number of carbonyl (C=O) groups excluding carboxylic acids is 2. The first kappa shape index (κ1) is 23.8. The fourth-order valence-corrected chi connectivity index (χ4v) is 4.88. The smallest absolute Gasteiger partial charge is 0.269 e. The maximum Gasteiger partial charge on any atom is 0.269 e. The van der Waals surface area contributed by atoms with Crippen molar-refractivity contribution in [3.05, 3.63) is 65.5 Å². The van der Waals surface area contributed by atoms with Gasteiger partial charge in [-0.3, -0.25) is 14.3 Å². The molecule has 0 unspecified atom stereocenters. The van der Waals surface area contributed by atoms with Crippen LogP contribution in [-0.2, 0) is 7.05 Å². The van der Waals surface area contributed by atoms with Crippen LogP contribution in [0.1, 0.15) is 64.9 Å². The van der Waals surface area contributed by atoms with Gasteiger partial charge in [-0.1, -0.05) is 6.07 Å². The van der Waals surface area contributed by atoms with Gasteiger partial charge in [0.15, 0.2) is 5.69 Å². The van der Waals surface area contributed by atoms with Crippen LogP contribution >= 0.6 is 0 Å². The van der Waals surface area contributed by atoms with E-state index in [1.165, 1.54) is 6.07 Å². The Kier molecular flexibility index (Phi) is 6.34. The number of aryl methyl sites for hydroxylation is 1. The zero-order chi connectivity index (χ0) is 25.4. The molecule has 4 N–H and O–H groups in total. The van der Waals surface area contributed by atoms with Gasteiger partial charge in [0.2, 0.25) is 0 Å². The number of carbonyl (C=O) groups is 2. The average molecular weight is 492 g/mol. The van der Waals surface area contributed by atoms with Crippen molar-refractivity contribution in [2.24, 2.45) is 12.8 Å². The summed E-state index contributed by atoms with van der Waals surface area (Å²) < 4.78 is 16.3. The lowest BCUT2D eigenvalue weighted by molar-refractivity contribution is 0.0919. The van der Waals surface area contributed by atoms with Gasteiger partial charge in [-0.25, -0.2) is 9.37 Å². The third-order valence-electron chi connectivity index (χ3n) is 7.01. The highest BCUT2D eigenvalue weighted by Gasteiger charge is 2.31. The molecule has 10 heteroatoms. The lowest BCUT2D eigenvalue weighted by atomic mass is 9.96. The van der Waals surface area contributed by atoms with Crippen molar-refractivity contribution in [1.29, 1.82) is 0 Å². The summed E-state index contributed by atoms with van der Waals surface area (Å²) >= 11 is 0. The minimum absolute atomic E-state index is 0.0687. The molecule has 0 radical (unpaired) electrons. The molecule has 9 nitrogen and oxygen atoms in total. The van der Waals surface area contributed by atoms with Crippen molar-refractivity contribution in [2.75, 3.05) is 16.8 Å². The van der Waals surface area contributed by atoms with Gasteiger partial charge in [-0.05, 0) is 62.3 Å². The molecule has 2 aromatic heterocycles. The zero-order valence-corrected chi connectivity index (χ0v) is 20.4. The van der Waals surface area contributed by atoms with Gasteiger partial charge in [0.05, 0.1) is 35.0 Å². The minimum Gasteiger partial charge on any atom is -0.365 e. The standard InChI is InChI=1S/C26H30FN7O2/c1-15-22(32-26(36)20-8-7-17(10-21(20)27)16-5-6-16)4-3-9-34(15)19-11-23(24(25(28)35)29-13-19)31-18-12-30-33(2)14-18/h7-8,10-16,22,31H,3-6,9H2,1-2H3,(H2,28,35)(H,32,36)/t15-,22-/m1/s1. The van der Waals surface area contributed by atoms with Crippen LogP contribution in [0.15, 0.2) is 42.9 Å². The predicted molar refractivity (Wildman–Crippen MR) is 135 cm³/mol. The molecule has 36 heavy (non-hydrogen) atoms. The molecule has 3 aromatic rings. The quantitative estimate of drug-likeness (QED) is 0.466. The number of nitrogens with two attached hydrogens (primary N) is 1. The van der Waals surface area contributed by atoms with E-state index in [0.29, 0.717) is 17.3 Å². The summed E-state index contributed by atoms with van der Waals surface area (Å²) in [5.41, 5.74) is 8.67. The number of nitrogens with zero attached hydrogens (tertiary/aromatic N) is 4. The van der Waals surface area contributed by atoms with Crippen molar-refractivity contribution in [3.8, 4) is 0 Å². The largest absolute Gasteiger partial charge is 0.365 e. The topological polar surface area (TPSA) is 118 Å². The van der Waals surface area contributed by atoms with Crippen LogP contribution in [0.3, 0.4) is 0 Å². The Bertz CT molecular complexity index is 1300. The van der Waals surface area contributed by atoms with E-state index in [4.69, 9.17) is 5.73 Å². The molecule has 1 aliphatic carbocycles. The Labute approximate surface area is 208 Å². The third-order valence-corrected chi connectivity index (χ3v) is 7.01. The molecular formula is C26H30FN7O2. The van der Waals surface area contributed by atoms with Gasteiger partial charge < -0.3 is 21.3 Å². The zero-order valence-electron chi connectivity index (χ0n) is 20.4. The molecule has 0 spiro atoms. The van der Waals surface area contributed by atoms with Crippen LogP contribution in [0.5, 0.6) is 0 Å². The van der Waals surface area contributed by atoms with Gasteiger partial charge >= 0.3 is 0 Å². The Hall–Kier alpha value is -3.95. The fraction of sp³-hybridized carbons (Fsp3) is 0.385. The molecule has 1 saturated carbocycles. The number of benzene rings is 1. The predicted octanol–water partition coefficient (Wildman–Crippen LogP) is 3.46. The normalized spacial score (nSPS) is 19.7. The number of primary amides is 1. The van der Waals surface area contributed by atoms with Crippen LogP contribution in [0.25, 0.3) is 0 Å². The summed E-state index contributed by atoms with van der Waals surface area (Å²) in [5.74, 6) is -1.10.